The van der Waals surface area contributed by atoms with Crippen LogP contribution in [0.1, 0.15) is 5.56 Å². The van der Waals surface area contributed by atoms with Crippen LogP contribution in [0.5, 0.6) is 0 Å². The van der Waals surface area contributed by atoms with Crippen molar-refractivity contribution < 1.29 is 13.2 Å². The van der Waals surface area contributed by atoms with Crippen LogP contribution in [-0.2, 0) is 21.2 Å². The van der Waals surface area contributed by atoms with E-state index in [1.807, 2.05) is 10.9 Å². The van der Waals surface area contributed by atoms with E-state index in [4.69, 9.17) is 5.73 Å². The molecule has 2 aromatic rings. The summed E-state index contributed by atoms with van der Waals surface area (Å²) in [6.07, 6.45) is 0.0884. The summed E-state index contributed by atoms with van der Waals surface area (Å²) < 4.78 is 23.9. The number of carbonyl (C=O) groups is 1. The lowest BCUT2D eigenvalue weighted by molar-refractivity contribution is -0.120. The second-order valence-electron chi connectivity index (χ2n) is 4.39. The smallest absolute Gasteiger partial charge is 0.257 e. The minimum absolute atomic E-state index is 0.0247. The van der Waals surface area contributed by atoms with Gasteiger partial charge in [0.2, 0.25) is 5.91 Å². The third kappa shape index (κ3) is 4.30. The molecule has 2 rings (SSSR count). The number of amides is 1. The summed E-state index contributed by atoms with van der Waals surface area (Å²) in [5, 5.41) is 0. The van der Waals surface area contributed by atoms with Crippen molar-refractivity contribution in [3.8, 4) is 0 Å². The quantitative estimate of drug-likeness (QED) is 0.562. The fourth-order valence-electron chi connectivity index (χ4n) is 1.66. The van der Waals surface area contributed by atoms with Crippen LogP contribution in [-0.4, -0.2) is 14.3 Å². The van der Waals surface area contributed by atoms with Crippen molar-refractivity contribution in [2.75, 3.05) is 5.73 Å². The van der Waals surface area contributed by atoms with Crippen LogP contribution in [0, 0.1) is 0 Å². The van der Waals surface area contributed by atoms with Crippen LogP contribution < -0.4 is 16.0 Å². The third-order valence-electron chi connectivity index (χ3n) is 2.72. The zero-order chi connectivity index (χ0) is 15.3. The second-order valence-corrected chi connectivity index (χ2v) is 6.07. The highest BCUT2D eigenvalue weighted by atomic mass is 32.2. The highest BCUT2D eigenvalue weighted by Gasteiger charge is 2.14. The molecule has 0 aliphatic rings. The third-order valence-corrected chi connectivity index (χ3v) is 3.99. The zero-order valence-corrected chi connectivity index (χ0v) is 11.9. The molecular weight excluding hydrogens is 290 g/mol. The molecule has 0 saturated carbocycles. The summed E-state index contributed by atoms with van der Waals surface area (Å²) in [6.45, 7) is 0. The summed E-state index contributed by atoms with van der Waals surface area (Å²) >= 11 is 0. The molecule has 0 aliphatic heterocycles. The predicted octanol–water partition coefficient (Wildman–Crippen LogP) is 0.821. The molecule has 6 nitrogen and oxygen atoms in total. The van der Waals surface area contributed by atoms with E-state index < -0.39 is 15.9 Å². The number of carbonyl (C=O) groups excluding carboxylic acids is 1. The van der Waals surface area contributed by atoms with Crippen LogP contribution in [0.3, 0.4) is 0 Å². The first kappa shape index (κ1) is 15.0. The lowest BCUT2D eigenvalue weighted by atomic mass is 10.1. The topological polar surface area (TPSA) is 101 Å². The molecule has 0 saturated heterocycles. The number of benzene rings is 2. The standard InChI is InChI=1S/C14H15N3O3S/c15-12-6-8-13(9-7-12)21(19,20)17-16-14(18)10-11-4-2-1-3-5-11/h1-9,17H,10,15H2,(H,16,18). The Hall–Kier alpha value is -2.38. The number of hydrogen-bond donors (Lipinski definition) is 3. The highest BCUT2D eigenvalue weighted by Crippen LogP contribution is 2.10. The molecule has 0 bridgehead atoms. The van der Waals surface area contributed by atoms with Gasteiger partial charge in [-0.15, -0.1) is 4.83 Å². The van der Waals surface area contributed by atoms with Crippen molar-refractivity contribution in [3.63, 3.8) is 0 Å². The molecule has 0 aliphatic carbocycles. The summed E-state index contributed by atoms with van der Waals surface area (Å²) in [7, 11) is -3.80. The van der Waals surface area contributed by atoms with Gasteiger partial charge in [-0.1, -0.05) is 30.3 Å². The summed E-state index contributed by atoms with van der Waals surface area (Å²) in [6, 6.07) is 14.7. The van der Waals surface area contributed by atoms with Crippen LogP contribution in [0.25, 0.3) is 0 Å². The molecule has 0 heterocycles. The number of nitrogens with one attached hydrogen (secondary N) is 2. The van der Waals surface area contributed by atoms with E-state index in [1.54, 1.807) is 24.3 Å². The van der Waals surface area contributed by atoms with Gasteiger partial charge in [0.1, 0.15) is 0 Å². The number of rotatable bonds is 5. The Morgan fingerprint density at radius 2 is 1.62 bits per heavy atom. The van der Waals surface area contributed by atoms with Gasteiger partial charge in [-0.3, -0.25) is 10.2 Å². The SMILES string of the molecule is Nc1ccc(S(=O)(=O)NNC(=O)Cc2ccccc2)cc1. The fraction of sp³-hybridized carbons (Fsp3) is 0.0714. The lowest BCUT2D eigenvalue weighted by Gasteiger charge is -2.08. The molecule has 21 heavy (non-hydrogen) atoms. The first-order chi connectivity index (χ1) is 9.97. The van der Waals surface area contributed by atoms with Gasteiger partial charge in [-0.2, -0.15) is 0 Å². The first-order valence-corrected chi connectivity index (χ1v) is 7.66. The summed E-state index contributed by atoms with van der Waals surface area (Å²) in [5.74, 6) is -0.444. The van der Waals surface area contributed by atoms with Gasteiger partial charge in [0, 0.05) is 5.69 Å². The Balaban J connectivity index is 1.95. The maximum absolute atomic E-state index is 11.9. The van der Waals surface area contributed by atoms with Crippen LogP contribution in [0.15, 0.2) is 59.5 Å². The first-order valence-electron chi connectivity index (χ1n) is 6.17. The molecule has 7 heteroatoms. The molecule has 4 N–H and O–H groups in total. The van der Waals surface area contributed by atoms with Crippen molar-refractivity contribution in [1.82, 2.24) is 10.3 Å². The average Bonchev–Trinajstić information content (AvgIpc) is 2.47. The minimum atomic E-state index is -3.80. The average molecular weight is 305 g/mol. The number of hydrazine groups is 1. The van der Waals surface area contributed by atoms with Gasteiger partial charge in [-0.05, 0) is 29.8 Å². The molecule has 1 amide bonds. The molecule has 2 aromatic carbocycles. The van der Waals surface area contributed by atoms with Crippen molar-refractivity contribution >= 4 is 21.6 Å². The number of sulfonamides is 1. The Morgan fingerprint density at radius 3 is 2.24 bits per heavy atom. The minimum Gasteiger partial charge on any atom is -0.399 e. The van der Waals surface area contributed by atoms with E-state index in [0.717, 1.165) is 5.56 Å². The molecule has 0 atom stereocenters. The van der Waals surface area contributed by atoms with Gasteiger partial charge < -0.3 is 5.73 Å². The van der Waals surface area contributed by atoms with Gasteiger partial charge in [0.25, 0.3) is 10.0 Å². The van der Waals surface area contributed by atoms with Crippen molar-refractivity contribution in [3.05, 3.63) is 60.2 Å². The molecule has 0 aromatic heterocycles. The van der Waals surface area contributed by atoms with Gasteiger partial charge in [0.05, 0.1) is 11.3 Å². The predicted molar refractivity (Wildman–Crippen MR) is 79.5 cm³/mol. The lowest BCUT2D eigenvalue weighted by Crippen LogP contribution is -2.42. The highest BCUT2D eigenvalue weighted by molar-refractivity contribution is 7.89. The molecule has 0 fully saturated rings. The number of hydrogen-bond acceptors (Lipinski definition) is 4. The molecule has 0 unspecified atom stereocenters. The van der Waals surface area contributed by atoms with Crippen LogP contribution in [0.2, 0.25) is 0 Å². The van der Waals surface area contributed by atoms with Gasteiger partial charge >= 0.3 is 0 Å². The maximum Gasteiger partial charge on any atom is 0.257 e. The largest absolute Gasteiger partial charge is 0.399 e. The van der Waals surface area contributed by atoms with E-state index in [-0.39, 0.29) is 11.3 Å². The second kappa shape index (κ2) is 6.38. The van der Waals surface area contributed by atoms with Gasteiger partial charge in [0.15, 0.2) is 0 Å². The fourth-order valence-corrected chi connectivity index (χ4v) is 2.52. The summed E-state index contributed by atoms with van der Waals surface area (Å²) in [5.41, 5.74) is 8.92. The van der Waals surface area contributed by atoms with E-state index in [1.165, 1.54) is 24.3 Å². The summed E-state index contributed by atoms with van der Waals surface area (Å²) in [4.78, 5) is 13.8. The monoisotopic (exact) mass is 305 g/mol. The van der Waals surface area contributed by atoms with Crippen molar-refractivity contribution in [2.24, 2.45) is 0 Å². The van der Waals surface area contributed by atoms with Crippen LogP contribution in [0.4, 0.5) is 5.69 Å². The molecule has 0 radical (unpaired) electrons. The number of nitrogen functional groups attached to an aromatic ring is 1. The number of nitrogens with two attached hydrogens (primary N) is 1. The van der Waals surface area contributed by atoms with E-state index in [0.29, 0.717) is 5.69 Å². The van der Waals surface area contributed by atoms with E-state index >= 15 is 0 Å². The van der Waals surface area contributed by atoms with Crippen LogP contribution >= 0.6 is 0 Å². The molecule has 0 spiro atoms. The van der Waals surface area contributed by atoms with E-state index in [9.17, 15) is 13.2 Å². The Kier molecular flexibility index (Phi) is 4.56. The molecular formula is C14H15N3O3S. The number of anilines is 1. The Bertz CT molecular complexity index is 713. The maximum atomic E-state index is 11.9. The van der Waals surface area contributed by atoms with E-state index in [2.05, 4.69) is 5.43 Å². The Morgan fingerprint density at radius 1 is 1.00 bits per heavy atom. The zero-order valence-electron chi connectivity index (χ0n) is 11.1. The van der Waals surface area contributed by atoms with Crippen molar-refractivity contribution in [1.29, 1.82) is 0 Å². The molecule has 110 valence electrons. The Labute approximate surface area is 123 Å². The van der Waals surface area contributed by atoms with Gasteiger partial charge in [-0.25, -0.2) is 8.42 Å². The van der Waals surface area contributed by atoms with Crippen molar-refractivity contribution in [2.45, 2.75) is 11.3 Å². The normalized spacial score (nSPS) is 11.0.